The second-order valence-corrected chi connectivity index (χ2v) is 10.2. The maximum absolute atomic E-state index is 14.8. The summed E-state index contributed by atoms with van der Waals surface area (Å²) in [6.45, 7) is 8.99. The molecule has 0 radical (unpaired) electrons. The number of hydrogen-bond donors (Lipinski definition) is 2. The van der Waals surface area contributed by atoms with Crippen LogP contribution in [0.1, 0.15) is 62.0 Å². The molecule has 4 rings (SSSR count). The van der Waals surface area contributed by atoms with Gasteiger partial charge in [0.15, 0.2) is 0 Å². The first-order valence-corrected chi connectivity index (χ1v) is 12.3. The van der Waals surface area contributed by atoms with Crippen LogP contribution >= 0.6 is 15.9 Å². The Morgan fingerprint density at radius 3 is 2.61 bits per heavy atom. The number of benzene rings is 1. The maximum atomic E-state index is 14.8. The van der Waals surface area contributed by atoms with Gasteiger partial charge in [-0.15, -0.1) is 0 Å². The van der Waals surface area contributed by atoms with Gasteiger partial charge in [-0.1, -0.05) is 28.9 Å². The fourth-order valence-electron chi connectivity index (χ4n) is 5.03. The number of hydrogen-bond acceptors (Lipinski definition) is 7. The average Bonchev–Trinajstić information content (AvgIpc) is 3.08. The summed E-state index contributed by atoms with van der Waals surface area (Å²) in [7, 11) is 0. The summed E-state index contributed by atoms with van der Waals surface area (Å²) in [6.07, 6.45) is 2.19. The number of anilines is 1. The zero-order chi connectivity index (χ0) is 23.7. The molecule has 1 fully saturated rings. The predicted octanol–water partition coefficient (Wildman–Crippen LogP) is 3.35. The van der Waals surface area contributed by atoms with E-state index in [-0.39, 0.29) is 23.9 Å². The number of nitrogens with one attached hydrogen (secondary N) is 1. The van der Waals surface area contributed by atoms with Crippen LogP contribution in [0.2, 0.25) is 0 Å². The molecule has 9 heteroatoms. The largest absolute Gasteiger partial charge is 0.387 e. The second-order valence-electron chi connectivity index (χ2n) is 9.27. The van der Waals surface area contributed by atoms with Crippen LogP contribution in [-0.2, 0) is 4.79 Å². The van der Waals surface area contributed by atoms with Crippen molar-refractivity contribution < 1.29 is 14.3 Å². The van der Waals surface area contributed by atoms with Crippen LogP contribution in [0.5, 0.6) is 0 Å². The Morgan fingerprint density at radius 1 is 1.24 bits per heavy atom. The first-order chi connectivity index (χ1) is 15.8. The minimum atomic E-state index is -0.634. The average molecular weight is 520 g/mol. The Kier molecular flexibility index (Phi) is 7.43. The van der Waals surface area contributed by atoms with E-state index in [2.05, 4.69) is 47.9 Å². The second kappa shape index (κ2) is 10.1. The van der Waals surface area contributed by atoms with E-state index in [0.717, 1.165) is 36.5 Å². The summed E-state index contributed by atoms with van der Waals surface area (Å²) in [5.41, 5.74) is 2.17. The summed E-state index contributed by atoms with van der Waals surface area (Å²) in [6, 6.07) is 4.98. The van der Waals surface area contributed by atoms with Crippen LogP contribution in [0.25, 0.3) is 0 Å². The van der Waals surface area contributed by atoms with Crippen LogP contribution in [-0.4, -0.2) is 64.6 Å². The first kappa shape index (κ1) is 24.2. The zero-order valence-corrected chi connectivity index (χ0v) is 20.8. The number of nitrogens with zero attached hydrogens (tertiary/aromatic N) is 4. The van der Waals surface area contributed by atoms with E-state index in [0.29, 0.717) is 29.5 Å². The number of carbonyl (C=O) groups is 1. The molecule has 2 aromatic rings. The molecule has 4 atom stereocenters. The standard InChI is InChI=1S/C24H31BrFN5O2/c1-14(2)29-23(18(12-32)17-5-4-16(25)11-19(17)26)30-6-8-31(9-7-30)24-21-15(3)10-20(33)22(21)27-13-28-24/h4-5,11-15,18,20,23,29,33H,6-10H2,1-3H3/t15-,18?,20-,23?/m1/s1. The normalized spacial score (nSPS) is 22.9. The zero-order valence-electron chi connectivity index (χ0n) is 19.2. The van der Waals surface area contributed by atoms with Crippen molar-refractivity contribution in [2.24, 2.45) is 0 Å². The van der Waals surface area contributed by atoms with Crippen molar-refractivity contribution in [1.82, 2.24) is 20.2 Å². The molecule has 0 bridgehead atoms. The quantitative estimate of drug-likeness (QED) is 0.542. The summed E-state index contributed by atoms with van der Waals surface area (Å²) in [5, 5.41) is 13.8. The summed E-state index contributed by atoms with van der Waals surface area (Å²) in [5.74, 6) is 0.0765. The minimum absolute atomic E-state index is 0.126. The van der Waals surface area contributed by atoms with Crippen molar-refractivity contribution >= 4 is 28.0 Å². The molecule has 2 unspecified atom stereocenters. The molecule has 1 aromatic heterocycles. The SMILES string of the molecule is CC(C)NC(C(C=O)c1ccc(Br)cc1F)N1CCN(c2ncnc3c2[C@H](C)C[C@H]3O)CC1. The molecule has 2 aliphatic rings. The van der Waals surface area contributed by atoms with Crippen molar-refractivity contribution in [3.05, 3.63) is 51.6 Å². The van der Waals surface area contributed by atoms with Crippen molar-refractivity contribution in [2.75, 3.05) is 31.1 Å². The van der Waals surface area contributed by atoms with Crippen molar-refractivity contribution in [2.45, 2.75) is 57.3 Å². The molecular weight excluding hydrogens is 489 g/mol. The predicted molar refractivity (Wildman–Crippen MR) is 129 cm³/mol. The van der Waals surface area contributed by atoms with E-state index in [4.69, 9.17) is 0 Å². The third-order valence-corrected chi connectivity index (χ3v) is 7.09. The van der Waals surface area contributed by atoms with Gasteiger partial charge in [0.25, 0.3) is 0 Å². The molecule has 7 nitrogen and oxygen atoms in total. The van der Waals surface area contributed by atoms with Crippen molar-refractivity contribution in [3.63, 3.8) is 0 Å². The fourth-order valence-corrected chi connectivity index (χ4v) is 5.37. The van der Waals surface area contributed by atoms with Gasteiger partial charge in [-0.2, -0.15) is 0 Å². The lowest BCUT2D eigenvalue weighted by molar-refractivity contribution is -0.111. The van der Waals surface area contributed by atoms with Gasteiger partial charge < -0.3 is 14.8 Å². The third kappa shape index (κ3) is 4.96. The number of aromatic nitrogens is 2. The van der Waals surface area contributed by atoms with Crippen LogP contribution < -0.4 is 10.2 Å². The van der Waals surface area contributed by atoms with E-state index < -0.39 is 12.0 Å². The molecule has 0 saturated carbocycles. The van der Waals surface area contributed by atoms with Crippen LogP contribution in [0, 0.1) is 5.82 Å². The van der Waals surface area contributed by atoms with Gasteiger partial charge in [0.2, 0.25) is 0 Å². The highest BCUT2D eigenvalue weighted by Crippen LogP contribution is 2.42. The summed E-state index contributed by atoms with van der Waals surface area (Å²) < 4.78 is 15.4. The number of carbonyl (C=O) groups excluding carboxylic acids is 1. The van der Waals surface area contributed by atoms with Crippen molar-refractivity contribution in [3.8, 4) is 0 Å². The van der Waals surface area contributed by atoms with E-state index >= 15 is 0 Å². The number of rotatable bonds is 7. The van der Waals surface area contributed by atoms with Crippen LogP contribution in [0.15, 0.2) is 29.0 Å². The number of fused-ring (bicyclic) bond motifs is 1. The van der Waals surface area contributed by atoms with Crippen LogP contribution in [0.4, 0.5) is 10.2 Å². The number of aliphatic hydroxyl groups excluding tert-OH is 1. The molecule has 1 aliphatic carbocycles. The topological polar surface area (TPSA) is 81.6 Å². The molecule has 0 amide bonds. The van der Waals surface area contributed by atoms with E-state index in [1.165, 1.54) is 12.4 Å². The third-order valence-electron chi connectivity index (χ3n) is 6.60. The lowest BCUT2D eigenvalue weighted by Gasteiger charge is -2.43. The molecule has 2 heterocycles. The first-order valence-electron chi connectivity index (χ1n) is 11.5. The Balaban J connectivity index is 1.55. The number of aldehydes is 1. The maximum Gasteiger partial charge on any atom is 0.135 e. The minimum Gasteiger partial charge on any atom is -0.387 e. The molecule has 0 spiro atoms. The van der Waals surface area contributed by atoms with Crippen LogP contribution in [0.3, 0.4) is 0 Å². The summed E-state index contributed by atoms with van der Waals surface area (Å²) in [4.78, 5) is 25.5. The Bertz CT molecular complexity index is 999. The molecule has 33 heavy (non-hydrogen) atoms. The van der Waals surface area contributed by atoms with Gasteiger partial charge >= 0.3 is 0 Å². The van der Waals surface area contributed by atoms with E-state index in [9.17, 15) is 14.3 Å². The van der Waals surface area contributed by atoms with Gasteiger partial charge in [-0.3, -0.25) is 10.2 Å². The van der Waals surface area contributed by atoms with Gasteiger partial charge in [0.1, 0.15) is 24.2 Å². The van der Waals surface area contributed by atoms with E-state index in [1.807, 2.05) is 13.8 Å². The number of piperazine rings is 1. The highest BCUT2D eigenvalue weighted by Gasteiger charge is 2.36. The molecule has 1 aliphatic heterocycles. The highest BCUT2D eigenvalue weighted by molar-refractivity contribution is 9.10. The Hall–Kier alpha value is -1.94. The highest BCUT2D eigenvalue weighted by atomic mass is 79.9. The van der Waals surface area contributed by atoms with E-state index in [1.54, 1.807) is 12.1 Å². The van der Waals surface area contributed by atoms with Gasteiger partial charge in [-0.05, 0) is 38.3 Å². The molecule has 178 valence electrons. The van der Waals surface area contributed by atoms with Gasteiger partial charge in [0.05, 0.1) is 23.9 Å². The lowest BCUT2D eigenvalue weighted by atomic mass is 9.94. The van der Waals surface area contributed by atoms with Gasteiger partial charge in [-0.25, -0.2) is 14.4 Å². The smallest absolute Gasteiger partial charge is 0.135 e. The molecule has 1 aromatic carbocycles. The molecule has 1 saturated heterocycles. The number of halogens is 2. The fraction of sp³-hybridized carbons (Fsp3) is 0.542. The van der Waals surface area contributed by atoms with Gasteiger partial charge in [0, 0.05) is 47.8 Å². The molecule has 2 N–H and O–H groups in total. The monoisotopic (exact) mass is 519 g/mol. The molecular formula is C24H31BrFN5O2. The lowest BCUT2D eigenvalue weighted by Crippen LogP contribution is -2.58. The Labute approximate surface area is 202 Å². The van der Waals surface area contributed by atoms with Crippen molar-refractivity contribution in [1.29, 1.82) is 0 Å². The summed E-state index contributed by atoms with van der Waals surface area (Å²) >= 11 is 3.29. The Morgan fingerprint density at radius 2 is 1.97 bits per heavy atom. The number of aliphatic hydroxyl groups is 1.